The Morgan fingerprint density at radius 3 is 2.73 bits per heavy atom. The number of esters is 1. The first-order valence-electron chi connectivity index (χ1n) is 6.32. The number of carbonyl (C=O) groups is 2. The van der Waals surface area contributed by atoms with E-state index in [-0.39, 0.29) is 21.6 Å². The first-order valence-corrected chi connectivity index (χ1v) is 7.89. The number of aryl methyl sites for hydroxylation is 1. The zero-order valence-electron chi connectivity index (χ0n) is 11.8. The number of nitrogens with one attached hydrogen (secondary N) is 1. The van der Waals surface area contributed by atoms with Crippen LogP contribution in [0.15, 0.2) is 18.3 Å². The Bertz CT molecular complexity index is 731. The van der Waals surface area contributed by atoms with Gasteiger partial charge in [0.2, 0.25) is 0 Å². The number of pyridine rings is 1. The van der Waals surface area contributed by atoms with Crippen LogP contribution < -0.4 is 5.32 Å². The van der Waals surface area contributed by atoms with Crippen LogP contribution in [0, 0.1) is 6.92 Å². The van der Waals surface area contributed by atoms with Crippen LogP contribution in [0.4, 0.5) is 5.00 Å². The Kier molecular flexibility index (Phi) is 5.39. The first-order chi connectivity index (χ1) is 10.4. The number of thiophene rings is 1. The highest BCUT2D eigenvalue weighted by molar-refractivity contribution is 7.18. The molecular formula is C14H12Cl2N2O3S. The SMILES string of the molecule is CCOC(=O)c1sc(NC(=O)c2cnc(Cl)c(Cl)c2)cc1C. The Balaban J connectivity index is 2.16. The molecule has 0 unspecified atom stereocenters. The van der Waals surface area contributed by atoms with E-state index in [1.165, 1.54) is 12.3 Å². The highest BCUT2D eigenvalue weighted by atomic mass is 35.5. The van der Waals surface area contributed by atoms with Crippen molar-refractivity contribution in [2.75, 3.05) is 11.9 Å². The van der Waals surface area contributed by atoms with Gasteiger partial charge < -0.3 is 10.1 Å². The van der Waals surface area contributed by atoms with Crippen molar-refractivity contribution >= 4 is 51.4 Å². The number of carbonyl (C=O) groups excluding carboxylic acids is 2. The van der Waals surface area contributed by atoms with Crippen LogP contribution in [-0.2, 0) is 4.74 Å². The van der Waals surface area contributed by atoms with Crippen molar-refractivity contribution in [1.82, 2.24) is 4.98 Å². The van der Waals surface area contributed by atoms with Gasteiger partial charge in [-0.1, -0.05) is 23.2 Å². The molecule has 116 valence electrons. The Morgan fingerprint density at radius 2 is 2.09 bits per heavy atom. The molecule has 0 radical (unpaired) electrons. The van der Waals surface area contributed by atoms with Crippen LogP contribution in [-0.4, -0.2) is 23.5 Å². The van der Waals surface area contributed by atoms with Crippen molar-refractivity contribution in [3.8, 4) is 0 Å². The van der Waals surface area contributed by atoms with Crippen LogP contribution in [0.25, 0.3) is 0 Å². The van der Waals surface area contributed by atoms with Crippen molar-refractivity contribution in [2.24, 2.45) is 0 Å². The van der Waals surface area contributed by atoms with Gasteiger partial charge in [-0.3, -0.25) is 4.79 Å². The molecule has 0 saturated carbocycles. The fraction of sp³-hybridized carbons (Fsp3) is 0.214. The standard InChI is InChI=1S/C14H12Cl2N2O3S/c1-3-21-14(20)11-7(2)4-10(22-11)18-13(19)8-5-9(15)12(16)17-6-8/h4-6H,3H2,1-2H3,(H,18,19). The largest absolute Gasteiger partial charge is 0.462 e. The second-order valence-electron chi connectivity index (χ2n) is 4.29. The summed E-state index contributed by atoms with van der Waals surface area (Å²) in [6, 6.07) is 3.14. The predicted molar refractivity (Wildman–Crippen MR) is 87.2 cm³/mol. The van der Waals surface area contributed by atoms with Gasteiger partial charge in [0.25, 0.3) is 5.91 Å². The van der Waals surface area contributed by atoms with Gasteiger partial charge in [-0.05, 0) is 31.5 Å². The van der Waals surface area contributed by atoms with Crippen LogP contribution in [0.5, 0.6) is 0 Å². The third-order valence-corrected chi connectivity index (χ3v) is 4.49. The van der Waals surface area contributed by atoms with Gasteiger partial charge in [0, 0.05) is 6.20 Å². The lowest BCUT2D eigenvalue weighted by atomic mass is 10.2. The lowest BCUT2D eigenvalue weighted by Crippen LogP contribution is -2.11. The molecule has 8 heteroatoms. The molecule has 22 heavy (non-hydrogen) atoms. The van der Waals surface area contributed by atoms with E-state index >= 15 is 0 Å². The maximum atomic E-state index is 12.1. The summed E-state index contributed by atoms with van der Waals surface area (Å²) in [6.45, 7) is 3.81. The summed E-state index contributed by atoms with van der Waals surface area (Å²) >= 11 is 12.7. The molecule has 0 aliphatic carbocycles. The number of amides is 1. The third-order valence-electron chi connectivity index (χ3n) is 2.67. The van der Waals surface area contributed by atoms with Crippen LogP contribution in [0.3, 0.4) is 0 Å². The molecule has 0 atom stereocenters. The summed E-state index contributed by atoms with van der Waals surface area (Å²) in [6.07, 6.45) is 1.33. The number of rotatable bonds is 4. The van der Waals surface area contributed by atoms with Crippen molar-refractivity contribution in [3.63, 3.8) is 0 Å². The average molecular weight is 359 g/mol. The molecule has 2 aromatic rings. The zero-order valence-corrected chi connectivity index (χ0v) is 14.1. The molecule has 2 aromatic heterocycles. The molecule has 1 amide bonds. The maximum absolute atomic E-state index is 12.1. The quantitative estimate of drug-likeness (QED) is 0.657. The van der Waals surface area contributed by atoms with E-state index in [4.69, 9.17) is 27.9 Å². The molecule has 1 N–H and O–H groups in total. The Hall–Kier alpha value is -1.63. The molecule has 0 aliphatic heterocycles. The lowest BCUT2D eigenvalue weighted by Gasteiger charge is -2.03. The number of hydrogen-bond donors (Lipinski definition) is 1. The molecule has 0 saturated heterocycles. The van der Waals surface area contributed by atoms with E-state index in [0.29, 0.717) is 16.5 Å². The molecule has 5 nitrogen and oxygen atoms in total. The van der Waals surface area contributed by atoms with Crippen LogP contribution in [0.1, 0.15) is 32.5 Å². The molecule has 2 rings (SSSR count). The lowest BCUT2D eigenvalue weighted by molar-refractivity contribution is 0.0531. The molecule has 0 fully saturated rings. The van der Waals surface area contributed by atoms with E-state index in [0.717, 1.165) is 16.9 Å². The molecule has 0 aromatic carbocycles. The fourth-order valence-electron chi connectivity index (χ4n) is 1.67. The summed E-state index contributed by atoms with van der Waals surface area (Å²) in [5, 5.41) is 3.56. The number of halogens is 2. The van der Waals surface area contributed by atoms with Gasteiger partial charge >= 0.3 is 5.97 Å². The smallest absolute Gasteiger partial charge is 0.348 e. The molecule has 2 heterocycles. The molecular weight excluding hydrogens is 347 g/mol. The van der Waals surface area contributed by atoms with Gasteiger partial charge in [-0.25, -0.2) is 9.78 Å². The number of anilines is 1. The fourth-order valence-corrected chi connectivity index (χ4v) is 2.90. The highest BCUT2D eigenvalue weighted by Crippen LogP contribution is 2.28. The summed E-state index contributed by atoms with van der Waals surface area (Å²) < 4.78 is 4.96. The topological polar surface area (TPSA) is 68.3 Å². The molecule has 0 bridgehead atoms. The summed E-state index contributed by atoms with van der Waals surface area (Å²) in [4.78, 5) is 28.2. The van der Waals surface area contributed by atoms with E-state index in [2.05, 4.69) is 10.3 Å². The van der Waals surface area contributed by atoms with Gasteiger partial charge in [0.1, 0.15) is 10.0 Å². The first kappa shape index (κ1) is 16.7. The number of aromatic nitrogens is 1. The number of nitrogens with zero attached hydrogens (tertiary/aromatic N) is 1. The van der Waals surface area contributed by atoms with Crippen LogP contribution >= 0.6 is 34.5 Å². The van der Waals surface area contributed by atoms with Gasteiger partial charge in [-0.15, -0.1) is 11.3 Å². The van der Waals surface area contributed by atoms with Crippen LogP contribution in [0.2, 0.25) is 10.2 Å². The monoisotopic (exact) mass is 358 g/mol. The second kappa shape index (κ2) is 7.09. The molecule has 0 aliphatic rings. The normalized spacial score (nSPS) is 10.4. The Morgan fingerprint density at radius 1 is 1.36 bits per heavy atom. The minimum atomic E-state index is -0.401. The molecule has 0 spiro atoms. The average Bonchev–Trinajstić information content (AvgIpc) is 2.82. The summed E-state index contributed by atoms with van der Waals surface area (Å²) in [5.41, 5.74) is 1.02. The van der Waals surface area contributed by atoms with Crippen molar-refractivity contribution in [1.29, 1.82) is 0 Å². The minimum Gasteiger partial charge on any atom is -0.462 e. The van der Waals surface area contributed by atoms with E-state index < -0.39 is 5.97 Å². The Labute approximate surface area is 141 Å². The maximum Gasteiger partial charge on any atom is 0.348 e. The van der Waals surface area contributed by atoms with E-state index in [9.17, 15) is 9.59 Å². The van der Waals surface area contributed by atoms with Crippen molar-refractivity contribution in [2.45, 2.75) is 13.8 Å². The van der Waals surface area contributed by atoms with E-state index in [1.54, 1.807) is 19.9 Å². The van der Waals surface area contributed by atoms with Gasteiger partial charge in [0.15, 0.2) is 0 Å². The second-order valence-corrected chi connectivity index (χ2v) is 6.11. The van der Waals surface area contributed by atoms with Gasteiger partial charge in [0.05, 0.1) is 22.2 Å². The van der Waals surface area contributed by atoms with Crippen molar-refractivity contribution < 1.29 is 14.3 Å². The highest BCUT2D eigenvalue weighted by Gasteiger charge is 2.17. The van der Waals surface area contributed by atoms with Gasteiger partial charge in [-0.2, -0.15) is 0 Å². The minimum absolute atomic E-state index is 0.134. The van der Waals surface area contributed by atoms with E-state index in [1.807, 2.05) is 0 Å². The van der Waals surface area contributed by atoms with Crippen molar-refractivity contribution in [3.05, 3.63) is 44.5 Å². The zero-order chi connectivity index (χ0) is 16.3. The third kappa shape index (κ3) is 3.76. The number of ether oxygens (including phenoxy) is 1. The predicted octanol–water partition coefficient (Wildman–Crippen LogP) is 4.19. The summed E-state index contributed by atoms with van der Waals surface area (Å²) in [7, 11) is 0. The summed E-state index contributed by atoms with van der Waals surface area (Å²) in [5.74, 6) is -0.788. The number of hydrogen-bond acceptors (Lipinski definition) is 5.